The van der Waals surface area contributed by atoms with Crippen LogP contribution in [0.2, 0.25) is 0 Å². The van der Waals surface area contributed by atoms with Gasteiger partial charge in [0.05, 0.1) is 0 Å². The van der Waals surface area contributed by atoms with Crippen LogP contribution >= 0.6 is 24.0 Å². The number of alkyl halides is 3. The first-order valence-corrected chi connectivity index (χ1v) is 4.34. The van der Waals surface area contributed by atoms with Gasteiger partial charge < -0.3 is 4.90 Å². The van der Waals surface area contributed by atoms with Gasteiger partial charge in [0.2, 0.25) is 0 Å². The lowest BCUT2D eigenvalue weighted by molar-refractivity contribution is -0.0539. The van der Waals surface area contributed by atoms with Crippen LogP contribution in [-0.2, 0) is 0 Å². The Hall–Kier alpha value is 0.400. The Bertz CT molecular complexity index is 123. The Kier molecular flexibility index (Phi) is 5.37. The highest BCUT2D eigenvalue weighted by atomic mass is 35.5. The molecule has 0 aromatic carbocycles. The summed E-state index contributed by atoms with van der Waals surface area (Å²) in [5.41, 5.74) is 0. The standard InChI is InChI=1S/C7H12ClF2N.ClH/c8-3-6-11-4-1-7(9,10)2-5-11;/h1-6H2;1H. The summed E-state index contributed by atoms with van der Waals surface area (Å²) in [5, 5.41) is 0. The number of halogens is 4. The first-order chi connectivity index (χ1) is 5.14. The maximum Gasteiger partial charge on any atom is 0.250 e. The van der Waals surface area contributed by atoms with E-state index >= 15 is 0 Å². The predicted octanol–water partition coefficient (Wildman–Crippen LogP) is 2.38. The van der Waals surface area contributed by atoms with E-state index in [1.165, 1.54) is 0 Å². The third-order valence-electron chi connectivity index (χ3n) is 1.99. The fourth-order valence-electron chi connectivity index (χ4n) is 1.22. The molecule has 1 aliphatic rings. The molecule has 74 valence electrons. The van der Waals surface area contributed by atoms with E-state index in [2.05, 4.69) is 0 Å². The van der Waals surface area contributed by atoms with Gasteiger partial charge in [-0.05, 0) is 0 Å². The summed E-state index contributed by atoms with van der Waals surface area (Å²) in [7, 11) is 0. The quantitative estimate of drug-likeness (QED) is 0.646. The highest BCUT2D eigenvalue weighted by molar-refractivity contribution is 6.18. The van der Waals surface area contributed by atoms with Gasteiger partial charge in [0.1, 0.15) is 0 Å². The van der Waals surface area contributed by atoms with Gasteiger partial charge in [0.25, 0.3) is 5.92 Å². The fourth-order valence-corrected chi connectivity index (χ4v) is 1.46. The molecule has 0 radical (unpaired) electrons. The molecule has 0 saturated carbocycles. The second kappa shape index (κ2) is 5.20. The van der Waals surface area contributed by atoms with E-state index in [0.717, 1.165) is 6.54 Å². The Balaban J connectivity index is 0.00000121. The Morgan fingerprint density at radius 1 is 1.25 bits per heavy atom. The van der Waals surface area contributed by atoms with E-state index in [1.807, 2.05) is 4.90 Å². The van der Waals surface area contributed by atoms with Crippen molar-refractivity contribution in [2.75, 3.05) is 25.5 Å². The van der Waals surface area contributed by atoms with E-state index in [0.29, 0.717) is 19.0 Å². The molecule has 0 aromatic heterocycles. The fraction of sp³-hybridized carbons (Fsp3) is 1.00. The summed E-state index contributed by atoms with van der Waals surface area (Å²) >= 11 is 5.48. The van der Waals surface area contributed by atoms with Crippen LogP contribution in [0.1, 0.15) is 12.8 Å². The number of nitrogens with zero attached hydrogens (tertiary/aromatic N) is 1. The molecule has 0 unspecified atom stereocenters. The van der Waals surface area contributed by atoms with Crippen LogP contribution in [-0.4, -0.2) is 36.3 Å². The van der Waals surface area contributed by atoms with Crippen LogP contribution in [0.4, 0.5) is 8.78 Å². The van der Waals surface area contributed by atoms with E-state index in [1.54, 1.807) is 0 Å². The van der Waals surface area contributed by atoms with Gasteiger partial charge in [-0.15, -0.1) is 24.0 Å². The van der Waals surface area contributed by atoms with Crippen LogP contribution in [0.5, 0.6) is 0 Å². The SMILES string of the molecule is Cl.FC1(F)CCN(CCCl)CC1. The first-order valence-electron chi connectivity index (χ1n) is 3.80. The molecule has 0 atom stereocenters. The van der Waals surface area contributed by atoms with Crippen molar-refractivity contribution in [3.05, 3.63) is 0 Å². The van der Waals surface area contributed by atoms with Crippen molar-refractivity contribution in [3.63, 3.8) is 0 Å². The number of hydrogen-bond acceptors (Lipinski definition) is 1. The Morgan fingerprint density at radius 3 is 2.17 bits per heavy atom. The van der Waals surface area contributed by atoms with E-state index in [4.69, 9.17) is 11.6 Å². The van der Waals surface area contributed by atoms with Crippen LogP contribution in [0.15, 0.2) is 0 Å². The number of rotatable bonds is 2. The van der Waals surface area contributed by atoms with Gasteiger partial charge in [-0.3, -0.25) is 0 Å². The average Bonchev–Trinajstić information content (AvgIpc) is 1.94. The predicted molar refractivity (Wildman–Crippen MR) is 48.6 cm³/mol. The van der Waals surface area contributed by atoms with Gasteiger partial charge in [0, 0.05) is 38.4 Å². The van der Waals surface area contributed by atoms with E-state index < -0.39 is 5.92 Å². The summed E-state index contributed by atoms with van der Waals surface area (Å²) in [6, 6.07) is 0. The largest absolute Gasteiger partial charge is 0.302 e. The van der Waals surface area contributed by atoms with Crippen molar-refractivity contribution in [1.29, 1.82) is 0 Å². The summed E-state index contributed by atoms with van der Waals surface area (Å²) in [6.07, 6.45) is -0.0201. The van der Waals surface area contributed by atoms with Crippen molar-refractivity contribution in [1.82, 2.24) is 4.90 Å². The molecule has 12 heavy (non-hydrogen) atoms. The topological polar surface area (TPSA) is 3.24 Å². The van der Waals surface area contributed by atoms with Gasteiger partial charge in [0.15, 0.2) is 0 Å². The van der Waals surface area contributed by atoms with Gasteiger partial charge in [-0.2, -0.15) is 0 Å². The lowest BCUT2D eigenvalue weighted by Gasteiger charge is -2.30. The van der Waals surface area contributed by atoms with Crippen molar-refractivity contribution >= 4 is 24.0 Å². The molecule has 1 heterocycles. The molecule has 0 aliphatic carbocycles. The van der Waals surface area contributed by atoms with Crippen molar-refractivity contribution in [2.24, 2.45) is 0 Å². The highest BCUT2D eigenvalue weighted by Gasteiger charge is 2.33. The minimum Gasteiger partial charge on any atom is -0.302 e. The maximum atomic E-state index is 12.6. The lowest BCUT2D eigenvalue weighted by atomic mass is 10.1. The minimum atomic E-state index is -2.43. The lowest BCUT2D eigenvalue weighted by Crippen LogP contribution is -2.40. The molecule has 1 nitrogen and oxygen atoms in total. The maximum absolute atomic E-state index is 12.6. The Labute approximate surface area is 82.5 Å². The van der Waals surface area contributed by atoms with Gasteiger partial charge in [-0.25, -0.2) is 8.78 Å². The zero-order valence-electron chi connectivity index (χ0n) is 6.73. The van der Waals surface area contributed by atoms with E-state index in [-0.39, 0.29) is 25.2 Å². The molecular formula is C7H13Cl2F2N. The molecule has 1 fully saturated rings. The molecule has 0 bridgehead atoms. The zero-order chi connectivity index (χ0) is 8.32. The van der Waals surface area contributed by atoms with Gasteiger partial charge in [-0.1, -0.05) is 0 Å². The summed E-state index contributed by atoms with van der Waals surface area (Å²) in [5.74, 6) is -1.89. The number of piperidine rings is 1. The summed E-state index contributed by atoms with van der Waals surface area (Å²) in [6.45, 7) is 1.71. The van der Waals surface area contributed by atoms with Crippen LogP contribution in [0.3, 0.4) is 0 Å². The van der Waals surface area contributed by atoms with Crippen LogP contribution in [0, 0.1) is 0 Å². The molecule has 1 aliphatic heterocycles. The van der Waals surface area contributed by atoms with Crippen LogP contribution in [0.25, 0.3) is 0 Å². The molecule has 0 amide bonds. The molecule has 0 N–H and O–H groups in total. The average molecular weight is 220 g/mol. The normalized spacial score (nSPS) is 23.2. The van der Waals surface area contributed by atoms with E-state index in [9.17, 15) is 8.78 Å². The van der Waals surface area contributed by atoms with Crippen molar-refractivity contribution in [2.45, 2.75) is 18.8 Å². The third-order valence-corrected chi connectivity index (χ3v) is 2.16. The second-order valence-corrected chi connectivity index (χ2v) is 3.26. The minimum absolute atomic E-state index is 0. The number of hydrogen-bond donors (Lipinski definition) is 0. The third kappa shape index (κ3) is 3.87. The zero-order valence-corrected chi connectivity index (χ0v) is 8.30. The smallest absolute Gasteiger partial charge is 0.250 e. The summed E-state index contributed by atoms with van der Waals surface area (Å²) in [4.78, 5) is 1.98. The molecule has 0 aromatic rings. The molecule has 1 saturated heterocycles. The van der Waals surface area contributed by atoms with Crippen molar-refractivity contribution in [3.8, 4) is 0 Å². The van der Waals surface area contributed by atoms with Gasteiger partial charge >= 0.3 is 0 Å². The molecular weight excluding hydrogens is 207 g/mol. The Morgan fingerprint density at radius 2 is 1.75 bits per heavy atom. The van der Waals surface area contributed by atoms with Crippen molar-refractivity contribution < 1.29 is 8.78 Å². The summed E-state index contributed by atoms with van der Waals surface area (Å²) < 4.78 is 25.1. The molecule has 0 spiro atoms. The monoisotopic (exact) mass is 219 g/mol. The number of likely N-dealkylation sites (tertiary alicyclic amines) is 1. The second-order valence-electron chi connectivity index (χ2n) is 2.89. The highest BCUT2D eigenvalue weighted by Crippen LogP contribution is 2.27. The first kappa shape index (κ1) is 12.4. The molecule has 5 heteroatoms. The van der Waals surface area contributed by atoms with Crippen LogP contribution < -0.4 is 0 Å². The molecule has 1 rings (SSSR count).